The number of nitrogens with zero attached hydrogens (tertiary/aromatic N) is 2. The number of pyridine rings is 1. The van der Waals surface area contributed by atoms with Crippen LogP contribution in [0.15, 0.2) is 24.4 Å². The van der Waals surface area contributed by atoms with Crippen LogP contribution < -0.4 is 9.47 Å². The zero-order valence-electron chi connectivity index (χ0n) is 15.3. The second-order valence-corrected chi connectivity index (χ2v) is 6.26. The Hall–Kier alpha value is -2.31. The molecule has 0 aliphatic rings. The van der Waals surface area contributed by atoms with Gasteiger partial charge in [0.05, 0.1) is 25.8 Å². The van der Waals surface area contributed by atoms with Crippen LogP contribution in [0.2, 0.25) is 0 Å². The maximum atomic E-state index is 5.87. The number of nitrogens with one attached hydrogen (secondary N) is 1. The van der Waals surface area contributed by atoms with E-state index in [2.05, 4.69) is 14.9 Å². The molecule has 1 aromatic carbocycles. The van der Waals surface area contributed by atoms with Crippen molar-refractivity contribution in [1.29, 1.82) is 0 Å². The Labute approximate surface area is 147 Å². The quantitative estimate of drug-likeness (QED) is 0.637. The zero-order valence-corrected chi connectivity index (χ0v) is 15.3. The Morgan fingerprint density at radius 2 is 1.92 bits per heavy atom. The molecule has 0 spiro atoms. The number of methoxy groups -OCH3 is 1. The monoisotopic (exact) mass is 343 g/mol. The van der Waals surface area contributed by atoms with E-state index < -0.39 is 0 Å². The van der Waals surface area contributed by atoms with E-state index in [-0.39, 0.29) is 0 Å². The fraction of sp³-hybridized carbons (Fsp3) is 0.421. The third-order valence-electron chi connectivity index (χ3n) is 4.15. The number of aryl methyl sites for hydroxylation is 1. The highest BCUT2D eigenvalue weighted by Gasteiger charge is 2.13. The first-order valence-electron chi connectivity index (χ1n) is 8.40. The number of fused-ring (bicyclic) bond motifs is 3. The molecule has 0 radical (unpaired) electrons. The van der Waals surface area contributed by atoms with Crippen LogP contribution in [0, 0.1) is 6.92 Å². The zero-order chi connectivity index (χ0) is 17.8. The van der Waals surface area contributed by atoms with E-state index in [1.807, 2.05) is 45.4 Å². The van der Waals surface area contributed by atoms with Crippen molar-refractivity contribution in [3.05, 3.63) is 30.1 Å². The first-order valence-corrected chi connectivity index (χ1v) is 8.40. The number of hydrogen-bond donors (Lipinski definition) is 1. The van der Waals surface area contributed by atoms with Crippen LogP contribution in [-0.4, -0.2) is 62.4 Å². The molecule has 2 heterocycles. The van der Waals surface area contributed by atoms with Crippen molar-refractivity contribution in [3.8, 4) is 11.5 Å². The number of ether oxygens (including phenoxy) is 3. The maximum absolute atomic E-state index is 5.87. The summed E-state index contributed by atoms with van der Waals surface area (Å²) in [5.74, 6) is 1.42. The molecular weight excluding hydrogens is 318 g/mol. The van der Waals surface area contributed by atoms with Crippen LogP contribution in [0.4, 0.5) is 0 Å². The van der Waals surface area contributed by atoms with Crippen molar-refractivity contribution < 1.29 is 14.2 Å². The third kappa shape index (κ3) is 3.86. The van der Waals surface area contributed by atoms with E-state index in [0.717, 1.165) is 34.0 Å². The summed E-state index contributed by atoms with van der Waals surface area (Å²) in [6.45, 7) is 4.64. The van der Waals surface area contributed by atoms with Gasteiger partial charge in [-0.15, -0.1) is 0 Å². The third-order valence-corrected chi connectivity index (χ3v) is 4.15. The van der Waals surface area contributed by atoms with Crippen LogP contribution in [-0.2, 0) is 4.74 Å². The molecule has 25 heavy (non-hydrogen) atoms. The first kappa shape index (κ1) is 17.5. The summed E-state index contributed by atoms with van der Waals surface area (Å²) in [6, 6.07) is 5.96. The second kappa shape index (κ2) is 7.72. The summed E-state index contributed by atoms with van der Waals surface area (Å²) in [5, 5.41) is 2.21. The van der Waals surface area contributed by atoms with E-state index in [1.165, 1.54) is 0 Å². The molecule has 134 valence electrons. The number of benzene rings is 1. The van der Waals surface area contributed by atoms with Gasteiger partial charge >= 0.3 is 0 Å². The van der Waals surface area contributed by atoms with Crippen LogP contribution in [0.1, 0.15) is 5.69 Å². The Morgan fingerprint density at radius 1 is 1.08 bits per heavy atom. The molecule has 0 unspecified atom stereocenters. The molecular formula is C19H25N3O3. The van der Waals surface area contributed by atoms with Crippen LogP contribution in [0.3, 0.4) is 0 Å². The topological polar surface area (TPSA) is 59.6 Å². The van der Waals surface area contributed by atoms with Gasteiger partial charge in [0, 0.05) is 40.8 Å². The summed E-state index contributed by atoms with van der Waals surface area (Å²) in [5.41, 5.74) is 3.07. The summed E-state index contributed by atoms with van der Waals surface area (Å²) >= 11 is 0. The summed E-state index contributed by atoms with van der Waals surface area (Å²) < 4.78 is 17.0. The lowest BCUT2D eigenvalue weighted by atomic mass is 10.1. The molecule has 3 aromatic rings. The minimum absolute atomic E-state index is 0.482. The van der Waals surface area contributed by atoms with Gasteiger partial charge in [-0.1, -0.05) is 0 Å². The highest BCUT2D eigenvalue weighted by atomic mass is 16.5. The number of likely N-dealkylation sites (N-methyl/N-ethyl adjacent to an activating group) is 1. The molecule has 0 bridgehead atoms. The molecule has 0 saturated heterocycles. The van der Waals surface area contributed by atoms with E-state index in [9.17, 15) is 0 Å². The average molecular weight is 343 g/mol. The number of rotatable bonds is 8. The van der Waals surface area contributed by atoms with Gasteiger partial charge in [-0.2, -0.15) is 0 Å². The fourth-order valence-electron chi connectivity index (χ4n) is 2.86. The molecule has 0 aliphatic carbocycles. The molecule has 0 atom stereocenters. The lowest BCUT2D eigenvalue weighted by Gasteiger charge is -2.12. The highest BCUT2D eigenvalue weighted by molar-refractivity contribution is 6.09. The largest absolute Gasteiger partial charge is 0.493 e. The van der Waals surface area contributed by atoms with Crippen molar-refractivity contribution in [2.45, 2.75) is 6.92 Å². The van der Waals surface area contributed by atoms with Gasteiger partial charge in [0.25, 0.3) is 0 Å². The number of aromatic nitrogens is 2. The molecule has 6 nitrogen and oxygen atoms in total. The van der Waals surface area contributed by atoms with Crippen LogP contribution >= 0.6 is 0 Å². The van der Waals surface area contributed by atoms with Crippen molar-refractivity contribution in [2.24, 2.45) is 0 Å². The fourth-order valence-corrected chi connectivity index (χ4v) is 2.86. The average Bonchev–Trinajstić information content (AvgIpc) is 2.95. The highest BCUT2D eigenvalue weighted by Crippen LogP contribution is 2.36. The number of hydrogen-bond acceptors (Lipinski definition) is 5. The number of H-pyrrole nitrogens is 1. The van der Waals surface area contributed by atoms with Crippen molar-refractivity contribution in [1.82, 2.24) is 14.9 Å². The van der Waals surface area contributed by atoms with Crippen molar-refractivity contribution >= 4 is 21.8 Å². The molecule has 0 amide bonds. The second-order valence-electron chi connectivity index (χ2n) is 6.26. The standard InChI is InChI=1S/C19H25N3O3/c1-13-19-14-11-17(23-4)18(25-10-9-24-8-7-22(2)3)12-16(14)21-15(19)5-6-20-13/h5-6,11-12,21H,7-10H2,1-4H3. The summed E-state index contributed by atoms with van der Waals surface area (Å²) in [7, 11) is 5.70. The normalized spacial score (nSPS) is 11.6. The Balaban J connectivity index is 1.77. The summed E-state index contributed by atoms with van der Waals surface area (Å²) in [4.78, 5) is 9.90. The van der Waals surface area contributed by atoms with E-state index in [4.69, 9.17) is 14.2 Å². The predicted octanol–water partition coefficient (Wildman–Crippen LogP) is 2.99. The van der Waals surface area contributed by atoms with E-state index in [0.29, 0.717) is 31.3 Å². The molecule has 0 aliphatic heterocycles. The van der Waals surface area contributed by atoms with Gasteiger partial charge in [0.2, 0.25) is 0 Å². The lowest BCUT2D eigenvalue weighted by molar-refractivity contribution is 0.0881. The van der Waals surface area contributed by atoms with Gasteiger partial charge in [0.15, 0.2) is 11.5 Å². The number of aromatic amines is 1. The van der Waals surface area contributed by atoms with Crippen molar-refractivity contribution in [3.63, 3.8) is 0 Å². The molecule has 3 rings (SSSR count). The van der Waals surface area contributed by atoms with E-state index >= 15 is 0 Å². The van der Waals surface area contributed by atoms with Gasteiger partial charge in [0.1, 0.15) is 6.61 Å². The minimum Gasteiger partial charge on any atom is -0.493 e. The summed E-state index contributed by atoms with van der Waals surface area (Å²) in [6.07, 6.45) is 1.81. The smallest absolute Gasteiger partial charge is 0.163 e. The molecule has 1 N–H and O–H groups in total. The predicted molar refractivity (Wildman–Crippen MR) is 99.8 cm³/mol. The van der Waals surface area contributed by atoms with Gasteiger partial charge in [-0.05, 0) is 33.2 Å². The Morgan fingerprint density at radius 3 is 2.68 bits per heavy atom. The molecule has 0 saturated carbocycles. The van der Waals surface area contributed by atoms with Crippen molar-refractivity contribution in [2.75, 3.05) is 47.6 Å². The lowest BCUT2D eigenvalue weighted by Crippen LogP contribution is -2.19. The Kier molecular flexibility index (Phi) is 5.40. The van der Waals surface area contributed by atoms with E-state index in [1.54, 1.807) is 7.11 Å². The first-order chi connectivity index (χ1) is 12.1. The SMILES string of the molecule is COc1cc2c(cc1OCCOCCN(C)C)[nH]c1ccnc(C)c12. The molecule has 2 aromatic heterocycles. The van der Waals surface area contributed by atoms with Crippen LogP contribution in [0.5, 0.6) is 11.5 Å². The Bertz CT molecular complexity index is 858. The molecule has 6 heteroatoms. The minimum atomic E-state index is 0.482. The van der Waals surface area contributed by atoms with Crippen LogP contribution in [0.25, 0.3) is 21.8 Å². The molecule has 0 fully saturated rings. The van der Waals surface area contributed by atoms with Gasteiger partial charge < -0.3 is 24.1 Å². The maximum Gasteiger partial charge on any atom is 0.163 e. The van der Waals surface area contributed by atoms with Gasteiger partial charge in [-0.25, -0.2) is 0 Å². The van der Waals surface area contributed by atoms with Gasteiger partial charge in [-0.3, -0.25) is 4.98 Å².